The minimum absolute atomic E-state index is 0.123. The van der Waals surface area contributed by atoms with Gasteiger partial charge in [-0.2, -0.15) is 10.2 Å². The normalized spacial score (nSPS) is 18.5. The quantitative estimate of drug-likeness (QED) is 0.621. The second kappa shape index (κ2) is 11.3. The summed E-state index contributed by atoms with van der Waals surface area (Å²) in [5, 5.41) is 15.8. The van der Waals surface area contributed by atoms with E-state index in [1.807, 2.05) is 25.1 Å². The van der Waals surface area contributed by atoms with Crippen LogP contribution in [0.4, 0.5) is 17.5 Å². The Morgan fingerprint density at radius 1 is 1.18 bits per heavy atom. The number of carbonyl (C=O) groups excluding carboxylic acids is 1. The van der Waals surface area contributed by atoms with Crippen molar-refractivity contribution in [2.45, 2.75) is 58.4 Å². The smallest absolute Gasteiger partial charge is 0.234 e. The zero-order valence-electron chi connectivity index (χ0n) is 20.3. The van der Waals surface area contributed by atoms with E-state index in [9.17, 15) is 10.1 Å². The zero-order chi connectivity index (χ0) is 23.9. The molecule has 2 aliphatic heterocycles. The van der Waals surface area contributed by atoms with Gasteiger partial charge in [0.1, 0.15) is 5.82 Å². The number of piperidine rings is 1. The van der Waals surface area contributed by atoms with Crippen LogP contribution in [0.2, 0.25) is 0 Å². The van der Waals surface area contributed by atoms with E-state index in [1.54, 1.807) is 0 Å². The predicted octanol–water partition coefficient (Wildman–Crippen LogP) is 3.53. The van der Waals surface area contributed by atoms with E-state index < -0.39 is 0 Å². The number of nitrogens with one attached hydrogen (secondary N) is 2. The molecule has 1 amide bonds. The first-order valence-electron chi connectivity index (χ1n) is 12.5. The van der Waals surface area contributed by atoms with Crippen molar-refractivity contribution in [3.05, 3.63) is 41.1 Å². The number of amides is 1. The van der Waals surface area contributed by atoms with E-state index in [4.69, 9.17) is 9.97 Å². The molecule has 2 aromatic rings. The molecule has 34 heavy (non-hydrogen) atoms. The van der Waals surface area contributed by atoms with Crippen molar-refractivity contribution in [2.24, 2.45) is 0 Å². The number of nitrogens with zero attached hydrogens (tertiary/aromatic N) is 5. The molecule has 2 fully saturated rings. The minimum Gasteiger partial charge on any atom is -0.354 e. The first-order chi connectivity index (χ1) is 16.5. The van der Waals surface area contributed by atoms with E-state index in [0.717, 1.165) is 68.2 Å². The summed E-state index contributed by atoms with van der Waals surface area (Å²) in [6.45, 7) is 8.21. The Labute approximate surface area is 202 Å². The Hall–Kier alpha value is -3.18. The number of benzene rings is 1. The van der Waals surface area contributed by atoms with Crippen molar-refractivity contribution in [3.63, 3.8) is 0 Å². The number of aryl methyl sites for hydroxylation is 2. The predicted molar refractivity (Wildman–Crippen MR) is 134 cm³/mol. The van der Waals surface area contributed by atoms with Crippen LogP contribution in [-0.4, -0.2) is 59.5 Å². The maximum absolute atomic E-state index is 12.6. The lowest BCUT2D eigenvalue weighted by atomic mass is 10.1. The van der Waals surface area contributed by atoms with Crippen molar-refractivity contribution < 1.29 is 4.79 Å². The molecule has 0 spiro atoms. The lowest BCUT2D eigenvalue weighted by Crippen LogP contribution is -2.44. The summed E-state index contributed by atoms with van der Waals surface area (Å²) in [4.78, 5) is 26.5. The Morgan fingerprint density at radius 2 is 2.00 bits per heavy atom. The third kappa shape index (κ3) is 6.23. The molecule has 180 valence electrons. The Bertz CT molecular complexity index is 1040. The van der Waals surface area contributed by atoms with Crippen molar-refractivity contribution in [1.29, 1.82) is 5.26 Å². The summed E-state index contributed by atoms with van der Waals surface area (Å²) in [7, 11) is 0. The van der Waals surface area contributed by atoms with Crippen LogP contribution in [0.5, 0.6) is 0 Å². The number of nitriles is 1. The molecule has 8 nitrogen and oxygen atoms in total. The highest BCUT2D eigenvalue weighted by atomic mass is 16.2. The second-order valence-electron chi connectivity index (χ2n) is 9.39. The number of carbonyl (C=O) groups is 1. The first-order valence-corrected chi connectivity index (χ1v) is 12.5. The lowest BCUT2D eigenvalue weighted by Gasteiger charge is -2.26. The van der Waals surface area contributed by atoms with Gasteiger partial charge in [0, 0.05) is 36.6 Å². The molecule has 0 saturated carbocycles. The highest BCUT2D eigenvalue weighted by Crippen LogP contribution is 2.24. The molecule has 0 aliphatic carbocycles. The van der Waals surface area contributed by atoms with Gasteiger partial charge >= 0.3 is 0 Å². The molecule has 8 heteroatoms. The van der Waals surface area contributed by atoms with Crippen LogP contribution in [-0.2, 0) is 11.2 Å². The average Bonchev–Trinajstić information content (AvgIpc) is 3.29. The van der Waals surface area contributed by atoms with Gasteiger partial charge in [-0.05, 0) is 63.4 Å². The average molecular weight is 462 g/mol. The summed E-state index contributed by atoms with van der Waals surface area (Å²) < 4.78 is 0. The van der Waals surface area contributed by atoms with Gasteiger partial charge in [0.2, 0.25) is 11.9 Å². The molecule has 1 atom stereocenters. The van der Waals surface area contributed by atoms with E-state index in [1.165, 1.54) is 19.3 Å². The van der Waals surface area contributed by atoms with E-state index in [2.05, 4.69) is 39.5 Å². The molecule has 0 unspecified atom stereocenters. The van der Waals surface area contributed by atoms with Gasteiger partial charge in [0.05, 0.1) is 18.2 Å². The van der Waals surface area contributed by atoms with Crippen molar-refractivity contribution in [1.82, 2.24) is 20.2 Å². The van der Waals surface area contributed by atoms with Gasteiger partial charge in [0.15, 0.2) is 0 Å². The highest BCUT2D eigenvalue weighted by Gasteiger charge is 2.26. The number of hydrogen-bond donors (Lipinski definition) is 2. The second-order valence-corrected chi connectivity index (χ2v) is 9.39. The number of aromatic nitrogens is 2. The largest absolute Gasteiger partial charge is 0.354 e. The standard InChI is InChI=1S/C26H35N7O/c1-3-7-21-15-24(31-26(29-21)30-22-9-8-19(2)20(14-22)16-27)33-13-10-23(17-33)28-25(34)18-32-11-5-4-6-12-32/h8-9,14-15,23H,3-7,10-13,17-18H2,1-2H3,(H,28,34)(H,29,30,31)/t23-/m0/s1. The molecule has 0 radical (unpaired) electrons. The molecule has 1 aromatic carbocycles. The zero-order valence-corrected chi connectivity index (χ0v) is 20.3. The Balaban J connectivity index is 1.42. The van der Waals surface area contributed by atoms with E-state index in [0.29, 0.717) is 18.1 Å². The number of rotatable bonds is 8. The number of hydrogen-bond acceptors (Lipinski definition) is 7. The van der Waals surface area contributed by atoms with Gasteiger partial charge in [-0.25, -0.2) is 4.98 Å². The fourth-order valence-electron chi connectivity index (χ4n) is 4.71. The fraction of sp³-hybridized carbons (Fsp3) is 0.538. The molecule has 2 saturated heterocycles. The monoisotopic (exact) mass is 461 g/mol. The summed E-state index contributed by atoms with van der Waals surface area (Å²) in [6.07, 6.45) is 6.42. The maximum Gasteiger partial charge on any atom is 0.234 e. The van der Waals surface area contributed by atoms with Crippen LogP contribution in [0.15, 0.2) is 24.3 Å². The van der Waals surface area contributed by atoms with Crippen LogP contribution in [0.25, 0.3) is 0 Å². The van der Waals surface area contributed by atoms with Crippen LogP contribution in [0.3, 0.4) is 0 Å². The maximum atomic E-state index is 12.6. The van der Waals surface area contributed by atoms with Crippen LogP contribution in [0, 0.1) is 18.3 Å². The molecular weight excluding hydrogens is 426 g/mol. The Kier molecular flexibility index (Phi) is 7.96. The van der Waals surface area contributed by atoms with Gasteiger partial charge in [-0.1, -0.05) is 25.8 Å². The number of likely N-dealkylation sites (tertiary alicyclic amines) is 1. The summed E-state index contributed by atoms with van der Waals surface area (Å²) in [5.74, 6) is 1.53. The van der Waals surface area contributed by atoms with Gasteiger partial charge < -0.3 is 15.5 Å². The van der Waals surface area contributed by atoms with Gasteiger partial charge in [-0.15, -0.1) is 0 Å². The van der Waals surface area contributed by atoms with Crippen LogP contribution < -0.4 is 15.5 Å². The highest BCUT2D eigenvalue weighted by molar-refractivity contribution is 5.78. The van der Waals surface area contributed by atoms with Gasteiger partial charge in [-0.3, -0.25) is 9.69 Å². The van der Waals surface area contributed by atoms with E-state index >= 15 is 0 Å². The SMILES string of the molecule is CCCc1cc(N2CC[C@H](NC(=O)CN3CCCCC3)C2)nc(Nc2ccc(C)c(C#N)c2)n1. The lowest BCUT2D eigenvalue weighted by molar-refractivity contribution is -0.123. The van der Waals surface area contributed by atoms with Crippen molar-refractivity contribution in [2.75, 3.05) is 42.9 Å². The number of anilines is 3. The minimum atomic E-state index is 0.123. The van der Waals surface area contributed by atoms with Crippen molar-refractivity contribution in [3.8, 4) is 6.07 Å². The molecule has 0 bridgehead atoms. The topological polar surface area (TPSA) is 97.2 Å². The molecule has 2 aliphatic rings. The summed E-state index contributed by atoms with van der Waals surface area (Å²) in [6, 6.07) is 10.1. The summed E-state index contributed by atoms with van der Waals surface area (Å²) >= 11 is 0. The molecule has 4 rings (SSSR count). The molecule has 2 N–H and O–H groups in total. The third-order valence-corrected chi connectivity index (χ3v) is 6.58. The van der Waals surface area contributed by atoms with E-state index in [-0.39, 0.29) is 11.9 Å². The third-order valence-electron chi connectivity index (χ3n) is 6.58. The Morgan fingerprint density at radius 3 is 2.76 bits per heavy atom. The van der Waals surface area contributed by atoms with Gasteiger partial charge in [0.25, 0.3) is 0 Å². The van der Waals surface area contributed by atoms with Crippen molar-refractivity contribution >= 4 is 23.4 Å². The summed E-state index contributed by atoms with van der Waals surface area (Å²) in [5.41, 5.74) is 3.36. The van der Waals surface area contributed by atoms with Crippen LogP contribution in [0.1, 0.15) is 55.8 Å². The molecular formula is C26H35N7O. The molecule has 1 aromatic heterocycles. The molecule has 3 heterocycles. The van der Waals surface area contributed by atoms with Crippen LogP contribution >= 0.6 is 0 Å². The first kappa shape index (κ1) is 24.0. The fourth-order valence-corrected chi connectivity index (χ4v) is 4.71.